The van der Waals surface area contributed by atoms with E-state index in [1.54, 1.807) is 0 Å². The molecule has 7 nitrogen and oxygen atoms in total. The Balaban J connectivity index is 3.63. The highest BCUT2D eigenvalue weighted by Gasteiger charge is 2.20. The number of hydrogen-bond acceptors (Lipinski definition) is 5. The second kappa shape index (κ2) is 4.13. The predicted octanol–water partition coefficient (Wildman–Crippen LogP) is -2.23. The molecule has 68 valence electrons. The van der Waals surface area contributed by atoms with Crippen LogP contribution in [0.4, 0.5) is 0 Å². The average molecular weight is 188 g/mol. The first kappa shape index (κ1) is 11.0. The standard InChI is InChI=1S/C3H9O7P/c4-2(3(5)6)1-10-11(7,8)9/h2-6H,1H2,(H2,7,8,9). The molecule has 0 saturated heterocycles. The molecular formula is C3H9O7P. The van der Waals surface area contributed by atoms with Crippen LogP contribution in [-0.4, -0.2) is 44.1 Å². The van der Waals surface area contributed by atoms with Gasteiger partial charge in [-0.25, -0.2) is 4.57 Å². The fraction of sp³-hybridized carbons (Fsp3) is 1.00. The maximum atomic E-state index is 9.96. The monoisotopic (exact) mass is 188 g/mol. The van der Waals surface area contributed by atoms with Crippen LogP contribution in [-0.2, 0) is 9.09 Å². The molecule has 0 aromatic rings. The minimum Gasteiger partial charge on any atom is -0.385 e. The third-order valence-electron chi connectivity index (χ3n) is 0.758. The fourth-order valence-corrected chi connectivity index (χ4v) is 0.606. The van der Waals surface area contributed by atoms with Crippen LogP contribution in [0.15, 0.2) is 0 Å². The minimum atomic E-state index is -4.64. The molecule has 0 fully saturated rings. The molecule has 0 spiro atoms. The van der Waals surface area contributed by atoms with Crippen molar-refractivity contribution in [3.63, 3.8) is 0 Å². The Morgan fingerprint density at radius 3 is 2.00 bits per heavy atom. The summed E-state index contributed by atoms with van der Waals surface area (Å²) in [6, 6.07) is 0. The van der Waals surface area contributed by atoms with Crippen molar-refractivity contribution in [3.8, 4) is 0 Å². The van der Waals surface area contributed by atoms with E-state index in [9.17, 15) is 4.57 Å². The Hall–Kier alpha value is -0.0100. The summed E-state index contributed by atoms with van der Waals surface area (Å²) in [7, 11) is -4.64. The number of phosphoric acid groups is 1. The van der Waals surface area contributed by atoms with Crippen LogP contribution in [0.3, 0.4) is 0 Å². The Kier molecular flexibility index (Phi) is 4.12. The van der Waals surface area contributed by atoms with Crippen molar-refractivity contribution >= 4 is 7.82 Å². The summed E-state index contributed by atoms with van der Waals surface area (Å²) < 4.78 is 13.7. The Morgan fingerprint density at radius 2 is 1.73 bits per heavy atom. The van der Waals surface area contributed by atoms with Crippen LogP contribution in [0.25, 0.3) is 0 Å². The van der Waals surface area contributed by atoms with Gasteiger partial charge < -0.3 is 25.1 Å². The zero-order valence-corrected chi connectivity index (χ0v) is 6.26. The van der Waals surface area contributed by atoms with Crippen LogP contribution in [0, 0.1) is 0 Å². The van der Waals surface area contributed by atoms with Crippen molar-refractivity contribution in [2.45, 2.75) is 12.4 Å². The van der Waals surface area contributed by atoms with Gasteiger partial charge in [0.1, 0.15) is 6.10 Å². The quantitative estimate of drug-likeness (QED) is 0.249. The maximum Gasteiger partial charge on any atom is 0.469 e. The van der Waals surface area contributed by atoms with Gasteiger partial charge >= 0.3 is 7.82 Å². The first-order valence-electron chi connectivity index (χ1n) is 2.57. The van der Waals surface area contributed by atoms with E-state index in [1.807, 2.05) is 0 Å². The van der Waals surface area contributed by atoms with Crippen LogP contribution in [0.2, 0.25) is 0 Å². The number of hydrogen-bond donors (Lipinski definition) is 5. The van der Waals surface area contributed by atoms with Gasteiger partial charge in [-0.15, -0.1) is 0 Å². The van der Waals surface area contributed by atoms with E-state index in [4.69, 9.17) is 25.1 Å². The van der Waals surface area contributed by atoms with Gasteiger partial charge in [-0.1, -0.05) is 0 Å². The molecular weight excluding hydrogens is 179 g/mol. The number of aliphatic hydroxyl groups excluding tert-OH is 2. The zero-order valence-electron chi connectivity index (χ0n) is 5.36. The summed E-state index contributed by atoms with van der Waals surface area (Å²) in [4.78, 5) is 16.1. The molecule has 0 aromatic heterocycles. The largest absolute Gasteiger partial charge is 0.469 e. The van der Waals surface area contributed by atoms with Crippen molar-refractivity contribution in [3.05, 3.63) is 0 Å². The van der Waals surface area contributed by atoms with Gasteiger partial charge in [0, 0.05) is 0 Å². The van der Waals surface area contributed by atoms with E-state index in [2.05, 4.69) is 4.52 Å². The summed E-state index contributed by atoms with van der Waals surface area (Å²) in [5, 5.41) is 24.9. The van der Waals surface area contributed by atoms with E-state index in [0.717, 1.165) is 0 Å². The smallest absolute Gasteiger partial charge is 0.385 e. The van der Waals surface area contributed by atoms with Crippen molar-refractivity contribution < 1.29 is 34.2 Å². The molecule has 0 aliphatic heterocycles. The summed E-state index contributed by atoms with van der Waals surface area (Å²) in [5.41, 5.74) is 0. The third kappa shape index (κ3) is 6.39. The van der Waals surface area contributed by atoms with Gasteiger partial charge in [0.05, 0.1) is 6.61 Å². The molecule has 8 heteroatoms. The topological polar surface area (TPSA) is 127 Å². The Bertz CT molecular complexity index is 150. The third-order valence-corrected chi connectivity index (χ3v) is 1.24. The zero-order chi connectivity index (χ0) is 9.07. The predicted molar refractivity (Wildman–Crippen MR) is 32.2 cm³/mol. The highest BCUT2D eigenvalue weighted by molar-refractivity contribution is 7.46. The Morgan fingerprint density at radius 1 is 1.27 bits per heavy atom. The second-order valence-corrected chi connectivity index (χ2v) is 3.01. The van der Waals surface area contributed by atoms with Gasteiger partial charge in [-0.05, 0) is 0 Å². The molecule has 1 unspecified atom stereocenters. The first-order valence-corrected chi connectivity index (χ1v) is 4.10. The van der Waals surface area contributed by atoms with Crippen molar-refractivity contribution in [2.75, 3.05) is 6.61 Å². The van der Waals surface area contributed by atoms with Crippen LogP contribution in [0.1, 0.15) is 0 Å². The minimum absolute atomic E-state index is 0.831. The summed E-state index contributed by atoms with van der Waals surface area (Å²) in [6.07, 6.45) is -3.79. The SMILES string of the molecule is O=P(O)(O)OCC(O)C(O)O. The van der Waals surface area contributed by atoms with E-state index in [1.165, 1.54) is 0 Å². The van der Waals surface area contributed by atoms with E-state index in [-0.39, 0.29) is 0 Å². The molecule has 0 aliphatic rings. The van der Waals surface area contributed by atoms with Crippen LogP contribution in [0.5, 0.6) is 0 Å². The fourth-order valence-electron chi connectivity index (χ4n) is 0.260. The lowest BCUT2D eigenvalue weighted by molar-refractivity contribution is -0.133. The summed E-state index contributed by atoms with van der Waals surface area (Å²) >= 11 is 0. The molecule has 0 radical (unpaired) electrons. The van der Waals surface area contributed by atoms with Crippen LogP contribution < -0.4 is 0 Å². The lowest BCUT2D eigenvalue weighted by Crippen LogP contribution is -2.29. The highest BCUT2D eigenvalue weighted by atomic mass is 31.2. The van der Waals surface area contributed by atoms with E-state index >= 15 is 0 Å². The molecule has 0 saturated carbocycles. The lowest BCUT2D eigenvalue weighted by atomic mass is 10.4. The number of rotatable bonds is 4. The molecule has 11 heavy (non-hydrogen) atoms. The second-order valence-electron chi connectivity index (χ2n) is 1.77. The lowest BCUT2D eigenvalue weighted by Gasteiger charge is -2.12. The summed E-state index contributed by atoms with van der Waals surface area (Å²) in [6.45, 7) is -0.831. The Labute approximate surface area is 62.1 Å². The van der Waals surface area contributed by atoms with E-state index in [0.29, 0.717) is 0 Å². The number of aliphatic hydroxyl groups is 3. The molecule has 0 bridgehead atoms. The van der Waals surface area contributed by atoms with Crippen LogP contribution >= 0.6 is 7.82 Å². The van der Waals surface area contributed by atoms with Crippen molar-refractivity contribution in [1.29, 1.82) is 0 Å². The van der Waals surface area contributed by atoms with E-state index < -0.39 is 26.8 Å². The highest BCUT2D eigenvalue weighted by Crippen LogP contribution is 2.35. The van der Waals surface area contributed by atoms with Gasteiger partial charge in [-0.2, -0.15) is 0 Å². The van der Waals surface area contributed by atoms with Gasteiger partial charge in [0.25, 0.3) is 0 Å². The summed E-state index contributed by atoms with van der Waals surface area (Å²) in [5.74, 6) is 0. The maximum absolute atomic E-state index is 9.96. The van der Waals surface area contributed by atoms with Gasteiger partial charge in [0.2, 0.25) is 0 Å². The van der Waals surface area contributed by atoms with Crippen molar-refractivity contribution in [1.82, 2.24) is 0 Å². The number of phosphoric ester groups is 1. The average Bonchev–Trinajstić information content (AvgIpc) is 1.80. The van der Waals surface area contributed by atoms with Gasteiger partial charge in [-0.3, -0.25) is 4.52 Å². The van der Waals surface area contributed by atoms with Crippen molar-refractivity contribution in [2.24, 2.45) is 0 Å². The molecule has 0 aromatic carbocycles. The molecule has 5 N–H and O–H groups in total. The molecule has 0 heterocycles. The van der Waals surface area contributed by atoms with Gasteiger partial charge in [0.15, 0.2) is 6.29 Å². The normalized spacial score (nSPS) is 15.5. The molecule has 0 amide bonds. The first-order chi connectivity index (χ1) is 4.83. The molecule has 0 rings (SSSR count). The molecule has 1 atom stereocenters. The molecule has 0 aliphatic carbocycles.